The number of rotatable bonds is 0. The summed E-state index contributed by atoms with van der Waals surface area (Å²) >= 11 is 1.06. The number of aryl methyl sites for hydroxylation is 1. The van der Waals surface area contributed by atoms with Gasteiger partial charge in [0.05, 0.1) is 10.2 Å². The van der Waals surface area contributed by atoms with Gasteiger partial charge in [0.2, 0.25) is 0 Å². The topological polar surface area (TPSA) is 28.8 Å². The molecule has 0 atom stereocenters. The average Bonchev–Trinajstić information content (AvgIpc) is 2.27. The van der Waals surface area contributed by atoms with E-state index in [0.29, 0.717) is 4.70 Å². The number of hydrogen-bond donors (Lipinski definition) is 1. The lowest BCUT2D eigenvalue weighted by Gasteiger charge is -1.96. The number of hydrogen-bond acceptors (Lipinski definition) is 2. The smallest absolute Gasteiger partial charge is 0.182 e. The maximum absolute atomic E-state index is 13.2. The van der Waals surface area contributed by atoms with Crippen LogP contribution in [0.5, 0.6) is 0 Å². The summed E-state index contributed by atoms with van der Waals surface area (Å²) in [5.41, 5.74) is 0.288. The molecule has 1 aromatic heterocycles. The van der Waals surface area contributed by atoms with Gasteiger partial charge < -0.3 is 4.57 Å². The predicted octanol–water partition coefficient (Wildman–Crippen LogP) is 2.00. The number of benzene rings is 1. The Morgan fingerprint density at radius 3 is 2.77 bits per heavy atom. The first-order chi connectivity index (χ1) is 6.09. The largest absolute Gasteiger partial charge is 0.318 e. The van der Waals surface area contributed by atoms with Gasteiger partial charge in [-0.3, -0.25) is 5.41 Å². The summed E-state index contributed by atoms with van der Waals surface area (Å²) in [4.78, 5) is 0.208. The maximum Gasteiger partial charge on any atom is 0.182 e. The summed E-state index contributed by atoms with van der Waals surface area (Å²) in [5, 5.41) is 7.41. The van der Waals surface area contributed by atoms with Crippen LogP contribution in [0.25, 0.3) is 10.2 Å². The third-order valence-corrected chi connectivity index (χ3v) is 2.84. The van der Waals surface area contributed by atoms with E-state index in [2.05, 4.69) is 0 Å². The van der Waals surface area contributed by atoms with Gasteiger partial charge in [-0.1, -0.05) is 11.3 Å². The van der Waals surface area contributed by atoms with Crippen molar-refractivity contribution in [2.24, 2.45) is 7.05 Å². The number of thiazole rings is 1. The van der Waals surface area contributed by atoms with Gasteiger partial charge >= 0.3 is 0 Å². The highest BCUT2D eigenvalue weighted by molar-refractivity contribution is 7.16. The van der Waals surface area contributed by atoms with Crippen molar-refractivity contribution < 1.29 is 8.78 Å². The highest BCUT2D eigenvalue weighted by Gasteiger charge is 2.09. The monoisotopic (exact) mass is 200 g/mol. The van der Waals surface area contributed by atoms with Gasteiger partial charge in [-0.15, -0.1) is 0 Å². The summed E-state index contributed by atoms with van der Waals surface area (Å²) in [6, 6.07) is 2.07. The fourth-order valence-electron chi connectivity index (χ4n) is 1.22. The van der Waals surface area contributed by atoms with Crippen LogP contribution >= 0.6 is 11.3 Å². The molecule has 68 valence electrons. The van der Waals surface area contributed by atoms with Crippen molar-refractivity contribution in [1.29, 1.82) is 5.41 Å². The molecule has 13 heavy (non-hydrogen) atoms. The van der Waals surface area contributed by atoms with Crippen LogP contribution in [0.4, 0.5) is 8.78 Å². The van der Waals surface area contributed by atoms with Crippen LogP contribution in [0.2, 0.25) is 0 Å². The number of nitrogens with one attached hydrogen (secondary N) is 1. The first-order valence-electron chi connectivity index (χ1n) is 3.59. The molecule has 0 unspecified atom stereocenters. The number of fused-ring (bicyclic) bond motifs is 1. The van der Waals surface area contributed by atoms with Gasteiger partial charge in [-0.05, 0) is 6.07 Å². The Hall–Kier alpha value is -1.23. The second-order valence-corrected chi connectivity index (χ2v) is 3.73. The standard InChI is InChI=1S/C8H6F2N2S/c1-12-7-5(10)2-4(9)3-6(7)13-8(12)11/h2-3,11H,1H3. The second kappa shape index (κ2) is 2.63. The van der Waals surface area contributed by atoms with Gasteiger partial charge in [0, 0.05) is 13.1 Å². The van der Waals surface area contributed by atoms with Crippen LogP contribution in [0.3, 0.4) is 0 Å². The Kier molecular flexibility index (Phi) is 1.69. The highest BCUT2D eigenvalue weighted by atomic mass is 32.1. The fourth-order valence-corrected chi connectivity index (χ4v) is 2.16. The molecular formula is C8H6F2N2S. The SMILES string of the molecule is Cn1c(=N)sc2cc(F)cc(F)c21. The van der Waals surface area contributed by atoms with Crippen LogP contribution in [-0.4, -0.2) is 4.57 Å². The van der Waals surface area contributed by atoms with Crippen molar-refractivity contribution in [2.45, 2.75) is 0 Å². The normalized spacial score (nSPS) is 11.0. The van der Waals surface area contributed by atoms with E-state index in [1.807, 2.05) is 0 Å². The van der Waals surface area contributed by atoms with Crippen molar-refractivity contribution >= 4 is 21.6 Å². The van der Waals surface area contributed by atoms with Gasteiger partial charge in [0.15, 0.2) is 10.6 Å². The van der Waals surface area contributed by atoms with Crippen LogP contribution in [0, 0.1) is 17.0 Å². The lowest BCUT2D eigenvalue weighted by atomic mass is 10.3. The van der Waals surface area contributed by atoms with Crippen molar-refractivity contribution in [3.8, 4) is 0 Å². The summed E-state index contributed by atoms with van der Waals surface area (Å²) in [5.74, 6) is -1.22. The van der Waals surface area contributed by atoms with E-state index in [1.165, 1.54) is 10.6 Å². The Labute approximate surface area is 76.6 Å². The molecule has 0 saturated heterocycles. The molecular weight excluding hydrogens is 194 g/mol. The third-order valence-electron chi connectivity index (χ3n) is 1.84. The van der Waals surface area contributed by atoms with Crippen molar-refractivity contribution in [3.63, 3.8) is 0 Å². The van der Waals surface area contributed by atoms with Crippen LogP contribution in [0.1, 0.15) is 0 Å². The number of halogens is 2. The number of aromatic nitrogens is 1. The Morgan fingerprint density at radius 2 is 2.08 bits per heavy atom. The lowest BCUT2D eigenvalue weighted by molar-refractivity contribution is 0.587. The predicted molar refractivity (Wildman–Crippen MR) is 46.6 cm³/mol. The van der Waals surface area contributed by atoms with Crippen molar-refractivity contribution in [1.82, 2.24) is 4.57 Å². The minimum atomic E-state index is -0.618. The molecule has 1 N–H and O–H groups in total. The van der Waals surface area contributed by atoms with E-state index in [9.17, 15) is 8.78 Å². The first kappa shape index (κ1) is 8.37. The minimum Gasteiger partial charge on any atom is -0.318 e. The van der Waals surface area contributed by atoms with E-state index >= 15 is 0 Å². The Bertz CT molecular complexity index is 527. The molecule has 2 nitrogen and oxygen atoms in total. The minimum absolute atomic E-state index is 0.208. The molecule has 0 aliphatic carbocycles. The highest BCUT2D eigenvalue weighted by Crippen LogP contribution is 2.20. The number of nitrogens with zero attached hydrogens (tertiary/aromatic N) is 1. The fraction of sp³-hybridized carbons (Fsp3) is 0.125. The zero-order valence-electron chi connectivity index (χ0n) is 6.77. The molecule has 0 radical (unpaired) electrons. The Morgan fingerprint density at radius 1 is 1.38 bits per heavy atom. The summed E-state index contributed by atoms with van der Waals surface area (Å²) in [7, 11) is 1.59. The van der Waals surface area contributed by atoms with E-state index in [4.69, 9.17) is 5.41 Å². The Balaban J connectivity index is 3.03. The molecule has 2 aromatic rings. The first-order valence-corrected chi connectivity index (χ1v) is 4.40. The molecule has 0 amide bonds. The lowest BCUT2D eigenvalue weighted by Crippen LogP contribution is -2.07. The molecule has 0 saturated carbocycles. The van der Waals surface area contributed by atoms with Crippen molar-refractivity contribution in [2.75, 3.05) is 0 Å². The van der Waals surface area contributed by atoms with Crippen LogP contribution < -0.4 is 4.80 Å². The molecule has 1 heterocycles. The molecule has 5 heteroatoms. The van der Waals surface area contributed by atoms with Gasteiger partial charge in [0.1, 0.15) is 5.82 Å². The quantitative estimate of drug-likeness (QED) is 0.674. The van der Waals surface area contributed by atoms with Crippen LogP contribution in [0.15, 0.2) is 12.1 Å². The summed E-state index contributed by atoms with van der Waals surface area (Å²) < 4.78 is 27.8. The zero-order chi connectivity index (χ0) is 9.59. The molecule has 0 spiro atoms. The van der Waals surface area contributed by atoms with Crippen molar-refractivity contribution in [3.05, 3.63) is 28.6 Å². The molecule has 0 bridgehead atoms. The van der Waals surface area contributed by atoms with Crippen LogP contribution in [-0.2, 0) is 7.05 Å². The van der Waals surface area contributed by atoms with Gasteiger partial charge in [0.25, 0.3) is 0 Å². The molecule has 0 fully saturated rings. The van der Waals surface area contributed by atoms with Gasteiger partial charge in [-0.2, -0.15) is 0 Å². The molecule has 0 aliphatic heterocycles. The van der Waals surface area contributed by atoms with E-state index < -0.39 is 11.6 Å². The van der Waals surface area contributed by atoms with E-state index in [-0.39, 0.29) is 10.3 Å². The third kappa shape index (κ3) is 1.16. The summed E-state index contributed by atoms with van der Waals surface area (Å²) in [6.45, 7) is 0. The molecule has 1 aromatic carbocycles. The summed E-state index contributed by atoms with van der Waals surface area (Å²) in [6.07, 6.45) is 0. The van der Waals surface area contributed by atoms with E-state index in [0.717, 1.165) is 17.4 Å². The zero-order valence-corrected chi connectivity index (χ0v) is 7.58. The molecule has 2 rings (SSSR count). The van der Waals surface area contributed by atoms with Gasteiger partial charge in [-0.25, -0.2) is 8.78 Å². The second-order valence-electron chi connectivity index (χ2n) is 2.70. The van der Waals surface area contributed by atoms with E-state index in [1.54, 1.807) is 7.05 Å². The maximum atomic E-state index is 13.2. The molecule has 0 aliphatic rings. The average molecular weight is 200 g/mol.